The molecular weight excluding hydrogens is 890 g/mol. The Labute approximate surface area is 337 Å². The Kier molecular flexibility index (Phi) is 16.7. The highest BCUT2D eigenvalue weighted by molar-refractivity contribution is 7.93. The predicted octanol–water partition coefficient (Wildman–Crippen LogP) is 6.50. The van der Waals surface area contributed by atoms with Gasteiger partial charge in [-0.1, -0.05) is 48.0 Å². The van der Waals surface area contributed by atoms with Crippen LogP contribution >= 0.6 is 11.6 Å². The van der Waals surface area contributed by atoms with Crippen LogP contribution in [-0.4, -0.2) is 69.5 Å². The molecule has 0 atom stereocenters. The number of nitrogens with one attached hydrogen (secondary N) is 2. The number of aliphatic carboxylic acids is 3. The van der Waals surface area contributed by atoms with Crippen molar-refractivity contribution in [2.24, 2.45) is 0 Å². The molecule has 0 aliphatic carbocycles. The summed E-state index contributed by atoms with van der Waals surface area (Å²) in [6.07, 6.45) is -0.833. The zero-order chi connectivity index (χ0) is 45.1. The summed E-state index contributed by atoms with van der Waals surface area (Å²) in [7, 11) is -14.9. The van der Waals surface area contributed by atoms with E-state index in [1.165, 1.54) is 29.8 Å². The molecule has 0 unspecified atom stereocenters. The summed E-state index contributed by atoms with van der Waals surface area (Å²) in [5, 5.41) is 25.7. The fraction of sp³-hybridized carbons (Fsp3) is 0.206. The molecule has 5 N–H and O–H groups in total. The van der Waals surface area contributed by atoms with Gasteiger partial charge in [0.1, 0.15) is 5.75 Å². The van der Waals surface area contributed by atoms with Crippen LogP contribution in [0.15, 0.2) is 89.8 Å². The highest BCUT2D eigenvalue weighted by Crippen LogP contribution is 2.30. The summed E-state index contributed by atoms with van der Waals surface area (Å²) in [6.45, 7) is 3.22. The van der Waals surface area contributed by atoms with E-state index in [4.69, 9.17) is 26.9 Å². The van der Waals surface area contributed by atoms with Crippen LogP contribution in [0.5, 0.6) is 5.75 Å². The van der Waals surface area contributed by atoms with Gasteiger partial charge in [0.15, 0.2) is 0 Å². The second-order valence-corrected chi connectivity index (χ2v) is 17.0. The third-order valence-corrected chi connectivity index (χ3v) is 10.9. The third kappa shape index (κ3) is 15.6. The Bertz CT molecular complexity index is 2400. The summed E-state index contributed by atoms with van der Waals surface area (Å²) in [4.78, 5) is 31.8. The lowest BCUT2D eigenvalue weighted by molar-refractivity contribution is -0.137. The standard InChI is InChI=1S/C15H15NO4S.C10H10F3NO4S.C9H6ClF3O5S/c1-11-9-13(8-7-12(11)10-15(17)18)16-21(19,20)14-5-3-2-4-6-14;1-6-4-8(3-2-7(6)5-9(15)16)14-19(17,18)10(11,12)13;10-7-4-6(2-1-5(7)3-8(14)15)18-19(16,17)9(11,12)13/h2-9,16H,10H2,1H3,(H,17,18);2-4,14H,5H2,1H3,(H,15,16);1-2,4H,3H2,(H,14,15). The number of sulfonamides is 2. The number of rotatable bonds is 13. The highest BCUT2D eigenvalue weighted by atomic mass is 35.5. The van der Waals surface area contributed by atoms with Crippen LogP contribution in [0, 0.1) is 13.8 Å². The Hall–Kier alpha value is -5.59. The molecule has 0 amide bonds. The van der Waals surface area contributed by atoms with E-state index in [2.05, 4.69) is 8.91 Å². The van der Waals surface area contributed by atoms with Gasteiger partial charge in [0.25, 0.3) is 10.0 Å². The van der Waals surface area contributed by atoms with E-state index in [9.17, 15) is 66.0 Å². The van der Waals surface area contributed by atoms with Crippen molar-refractivity contribution in [2.45, 2.75) is 49.0 Å². The average molecular weight is 921 g/mol. The number of carboxylic acid groups (broad SMARTS) is 3. The maximum atomic E-state index is 12.2. The summed E-state index contributed by atoms with van der Waals surface area (Å²) < 4.78 is 148. The Morgan fingerprint density at radius 2 is 1.03 bits per heavy atom. The van der Waals surface area contributed by atoms with Crippen LogP contribution in [0.1, 0.15) is 27.8 Å². The van der Waals surface area contributed by atoms with Crippen LogP contribution in [-0.2, 0) is 63.8 Å². The van der Waals surface area contributed by atoms with Crippen molar-refractivity contribution in [1.82, 2.24) is 0 Å². The molecule has 0 heterocycles. The first-order chi connectivity index (χ1) is 26.9. The molecule has 0 saturated carbocycles. The summed E-state index contributed by atoms with van der Waals surface area (Å²) in [6, 6.07) is 19.1. The van der Waals surface area contributed by atoms with Crippen LogP contribution in [0.3, 0.4) is 0 Å². The van der Waals surface area contributed by atoms with Crippen molar-refractivity contribution < 1.29 is 85.5 Å². The van der Waals surface area contributed by atoms with Gasteiger partial charge in [0.2, 0.25) is 0 Å². The lowest BCUT2D eigenvalue weighted by atomic mass is 10.1. The largest absolute Gasteiger partial charge is 0.534 e. The van der Waals surface area contributed by atoms with E-state index >= 15 is 0 Å². The Balaban J connectivity index is 0.000000306. The quantitative estimate of drug-likeness (QED) is 0.0547. The average Bonchev–Trinajstić information content (AvgIpc) is 3.07. The number of halogens is 7. The number of aryl methyl sites for hydroxylation is 2. The van der Waals surface area contributed by atoms with Gasteiger partial charge in [-0.3, -0.25) is 23.8 Å². The molecule has 0 fully saturated rings. The first kappa shape index (κ1) is 49.6. The molecule has 4 aromatic rings. The molecule has 0 radical (unpaired) electrons. The Morgan fingerprint density at radius 1 is 0.610 bits per heavy atom. The highest BCUT2D eigenvalue weighted by Gasteiger charge is 2.48. The lowest BCUT2D eigenvalue weighted by Crippen LogP contribution is -2.29. The van der Waals surface area contributed by atoms with Crippen molar-refractivity contribution in [3.05, 3.63) is 118 Å². The van der Waals surface area contributed by atoms with E-state index < -0.39 is 71.3 Å². The Morgan fingerprint density at radius 3 is 1.42 bits per heavy atom. The van der Waals surface area contributed by atoms with Gasteiger partial charge in [-0.2, -0.15) is 43.2 Å². The monoisotopic (exact) mass is 920 g/mol. The van der Waals surface area contributed by atoms with Crippen molar-refractivity contribution >= 4 is 71.0 Å². The van der Waals surface area contributed by atoms with Gasteiger partial charge in [-0.05, 0) is 84.1 Å². The van der Waals surface area contributed by atoms with Crippen molar-refractivity contribution in [3.63, 3.8) is 0 Å². The first-order valence-electron chi connectivity index (χ1n) is 15.7. The molecule has 4 rings (SSSR count). The van der Waals surface area contributed by atoms with E-state index in [0.717, 1.165) is 35.9 Å². The lowest BCUT2D eigenvalue weighted by Gasteiger charge is -2.12. The van der Waals surface area contributed by atoms with E-state index in [0.29, 0.717) is 22.4 Å². The minimum atomic E-state index is -5.78. The smallest absolute Gasteiger partial charge is 0.481 e. The second-order valence-electron chi connectivity index (χ2n) is 11.7. The number of benzene rings is 4. The zero-order valence-electron chi connectivity index (χ0n) is 30.0. The number of hydrogen-bond acceptors (Lipinski definition) is 10. The van der Waals surface area contributed by atoms with E-state index in [1.54, 1.807) is 43.3 Å². The van der Waals surface area contributed by atoms with Gasteiger partial charge < -0.3 is 19.5 Å². The zero-order valence-corrected chi connectivity index (χ0v) is 33.2. The minimum Gasteiger partial charge on any atom is -0.481 e. The molecular formula is C34H31ClF6N2O13S3. The van der Waals surface area contributed by atoms with Gasteiger partial charge >= 0.3 is 49.1 Å². The van der Waals surface area contributed by atoms with Gasteiger partial charge in [0.05, 0.1) is 24.2 Å². The summed E-state index contributed by atoms with van der Waals surface area (Å²) in [5.74, 6) is -3.86. The molecule has 0 aliphatic rings. The van der Waals surface area contributed by atoms with Crippen LogP contribution in [0.2, 0.25) is 5.02 Å². The van der Waals surface area contributed by atoms with Crippen molar-refractivity contribution in [1.29, 1.82) is 0 Å². The molecule has 0 spiro atoms. The van der Waals surface area contributed by atoms with Gasteiger partial charge in [-0.25, -0.2) is 8.42 Å². The molecule has 59 heavy (non-hydrogen) atoms. The van der Waals surface area contributed by atoms with Crippen molar-refractivity contribution in [3.8, 4) is 5.75 Å². The topological polar surface area (TPSA) is 248 Å². The number of hydrogen-bond donors (Lipinski definition) is 5. The number of carbonyl (C=O) groups is 3. The molecule has 0 aromatic heterocycles. The SMILES string of the molecule is Cc1cc(NS(=O)(=O)C(F)(F)F)ccc1CC(=O)O.Cc1cc(NS(=O)(=O)c2ccccc2)ccc1CC(=O)O.O=C(O)Cc1ccc(OS(=O)(=O)C(F)(F)F)cc1Cl. The maximum absolute atomic E-state index is 12.2. The van der Waals surface area contributed by atoms with Crippen molar-refractivity contribution in [2.75, 3.05) is 9.44 Å². The minimum absolute atomic E-state index is 0.0858. The van der Waals surface area contributed by atoms with Crippen LogP contribution in [0.25, 0.3) is 0 Å². The van der Waals surface area contributed by atoms with Gasteiger partial charge in [0, 0.05) is 22.5 Å². The molecule has 25 heteroatoms. The normalized spacial score (nSPS) is 11.8. The summed E-state index contributed by atoms with van der Waals surface area (Å²) >= 11 is 5.60. The number of anilines is 2. The predicted molar refractivity (Wildman–Crippen MR) is 199 cm³/mol. The maximum Gasteiger partial charge on any atom is 0.534 e. The fourth-order valence-electron chi connectivity index (χ4n) is 4.33. The number of alkyl halides is 6. The van der Waals surface area contributed by atoms with Crippen LogP contribution in [0.4, 0.5) is 37.7 Å². The summed E-state index contributed by atoms with van der Waals surface area (Å²) in [5.41, 5.74) is -8.55. The second kappa shape index (κ2) is 19.9. The third-order valence-electron chi connectivity index (χ3n) is 7.09. The molecule has 15 nitrogen and oxygen atoms in total. The number of carboxylic acids is 3. The van der Waals surface area contributed by atoms with Gasteiger partial charge in [-0.15, -0.1) is 0 Å². The fourth-order valence-corrected chi connectivity index (χ4v) is 6.64. The van der Waals surface area contributed by atoms with E-state index in [1.807, 2.05) is 0 Å². The molecule has 322 valence electrons. The molecule has 4 aromatic carbocycles. The van der Waals surface area contributed by atoms with Crippen LogP contribution < -0.4 is 13.6 Å². The molecule has 0 saturated heterocycles. The molecule has 0 aliphatic heterocycles. The molecule has 0 bridgehead atoms. The van der Waals surface area contributed by atoms with E-state index in [-0.39, 0.29) is 34.0 Å². The first-order valence-corrected chi connectivity index (χ1v) is 20.5.